The summed E-state index contributed by atoms with van der Waals surface area (Å²) in [5.41, 5.74) is 19.5. The third kappa shape index (κ3) is 6.40. The number of nitrogens with zero attached hydrogens (tertiary/aromatic N) is 4. The highest BCUT2D eigenvalue weighted by atomic mass is 15.0. The zero-order chi connectivity index (χ0) is 44.3. The number of aromatic nitrogens is 3. The quantitative estimate of drug-likeness (QED) is 0.160. The second-order valence-electron chi connectivity index (χ2n) is 17.2. The highest BCUT2D eigenvalue weighted by molar-refractivity contribution is 6.12. The van der Waals surface area contributed by atoms with Crippen molar-refractivity contribution in [3.63, 3.8) is 0 Å². The van der Waals surface area contributed by atoms with E-state index >= 15 is 0 Å². The topological polar surface area (TPSA) is 46.5 Å². The van der Waals surface area contributed by atoms with Crippen molar-refractivity contribution in [2.24, 2.45) is 0 Å². The first kappa shape index (κ1) is 38.9. The molecule has 12 rings (SSSR count). The molecule has 0 N–H and O–H groups in total. The van der Waals surface area contributed by atoms with Gasteiger partial charge in [0.1, 0.15) is 6.07 Å². The lowest BCUT2D eigenvalue weighted by atomic mass is 9.96. The summed E-state index contributed by atoms with van der Waals surface area (Å²) in [5.74, 6) is 0. The van der Waals surface area contributed by atoms with E-state index in [1.807, 2.05) is 12.1 Å². The molecule has 0 saturated carbocycles. The van der Waals surface area contributed by atoms with Crippen LogP contribution in [0.2, 0.25) is 0 Å². The Morgan fingerprint density at radius 3 is 1.29 bits per heavy atom. The fraction of sp³-hybridized carbons (Fsp3) is 0.0323. The molecule has 0 atom stereocenters. The van der Waals surface area contributed by atoms with Crippen LogP contribution >= 0.6 is 0 Å². The summed E-state index contributed by atoms with van der Waals surface area (Å²) in [4.78, 5) is 5.30. The summed E-state index contributed by atoms with van der Waals surface area (Å²) in [5, 5.41) is 15.9. The maximum Gasteiger partial charge on any atom is 0.101 e. The van der Waals surface area contributed by atoms with Gasteiger partial charge >= 0.3 is 0 Å². The Balaban J connectivity index is 1.18. The molecule has 0 fully saturated rings. The molecule has 0 saturated heterocycles. The second-order valence-corrected chi connectivity index (χ2v) is 17.2. The van der Waals surface area contributed by atoms with Gasteiger partial charge in [-0.3, -0.25) is 0 Å². The smallest absolute Gasteiger partial charge is 0.101 e. The Labute approximate surface area is 383 Å². The maximum atomic E-state index is 11.4. The molecule has 0 radical (unpaired) electrons. The molecule has 0 spiro atoms. The number of rotatable bonds is 7. The Morgan fingerprint density at radius 1 is 0.348 bits per heavy atom. The summed E-state index contributed by atoms with van der Waals surface area (Å²) in [6, 6.07) is 80.1. The fourth-order valence-corrected chi connectivity index (χ4v) is 10.1. The van der Waals surface area contributed by atoms with Crippen molar-refractivity contribution in [3.8, 4) is 73.3 Å². The molecular weight excluding hydrogens is 801 g/mol. The van der Waals surface area contributed by atoms with E-state index in [4.69, 9.17) is 4.98 Å². The monoisotopic (exact) mass is 842 g/mol. The highest BCUT2D eigenvalue weighted by Gasteiger charge is 2.23. The molecule has 3 heterocycles. The molecule has 310 valence electrons. The van der Waals surface area contributed by atoms with E-state index in [2.05, 4.69) is 235 Å². The lowest BCUT2D eigenvalue weighted by molar-refractivity contribution is 1.13. The van der Waals surface area contributed by atoms with E-state index in [-0.39, 0.29) is 0 Å². The summed E-state index contributed by atoms with van der Waals surface area (Å²) >= 11 is 0. The van der Waals surface area contributed by atoms with Crippen LogP contribution in [0.15, 0.2) is 218 Å². The molecule has 4 nitrogen and oxygen atoms in total. The van der Waals surface area contributed by atoms with Crippen LogP contribution in [0, 0.1) is 25.2 Å². The van der Waals surface area contributed by atoms with Gasteiger partial charge in [-0.15, -0.1) is 0 Å². The van der Waals surface area contributed by atoms with Gasteiger partial charge in [0.05, 0.1) is 50.4 Å². The van der Waals surface area contributed by atoms with Crippen LogP contribution in [-0.2, 0) is 0 Å². The Hall–Kier alpha value is -8.78. The van der Waals surface area contributed by atoms with Crippen molar-refractivity contribution in [2.75, 3.05) is 0 Å². The first-order chi connectivity index (χ1) is 32.5. The van der Waals surface area contributed by atoms with Crippen LogP contribution in [-0.4, -0.2) is 14.1 Å². The molecule has 4 heteroatoms. The minimum absolute atomic E-state index is 0.572. The van der Waals surface area contributed by atoms with Crippen LogP contribution in [0.1, 0.15) is 16.7 Å². The van der Waals surface area contributed by atoms with Gasteiger partial charge in [-0.1, -0.05) is 158 Å². The third-order valence-corrected chi connectivity index (χ3v) is 13.2. The average Bonchev–Trinajstić information content (AvgIpc) is 3.88. The summed E-state index contributed by atoms with van der Waals surface area (Å²) in [6.07, 6.45) is 0. The van der Waals surface area contributed by atoms with E-state index < -0.39 is 0 Å². The first-order valence-corrected chi connectivity index (χ1v) is 22.4. The van der Waals surface area contributed by atoms with Gasteiger partial charge in [0.2, 0.25) is 0 Å². The number of aryl methyl sites for hydroxylation is 2. The normalized spacial score (nSPS) is 11.5. The maximum absolute atomic E-state index is 11.4. The van der Waals surface area contributed by atoms with Gasteiger partial charge < -0.3 is 9.13 Å². The number of para-hydroxylation sites is 2. The molecule has 3 aromatic heterocycles. The molecule has 0 unspecified atom stereocenters. The number of hydrogen-bond donors (Lipinski definition) is 0. The van der Waals surface area contributed by atoms with E-state index in [9.17, 15) is 5.26 Å². The third-order valence-electron chi connectivity index (χ3n) is 13.2. The summed E-state index contributed by atoms with van der Waals surface area (Å²) in [7, 11) is 0. The Bertz CT molecular complexity index is 3850. The van der Waals surface area contributed by atoms with Crippen LogP contribution < -0.4 is 0 Å². The van der Waals surface area contributed by atoms with Gasteiger partial charge in [0.15, 0.2) is 0 Å². The van der Waals surface area contributed by atoms with Crippen LogP contribution in [0.4, 0.5) is 0 Å². The molecule has 0 aliphatic heterocycles. The molecule has 0 amide bonds. The summed E-state index contributed by atoms with van der Waals surface area (Å²) < 4.78 is 4.65. The SMILES string of the molecule is Cc1ccccc1-c1ccc2c(c1)c1ccccc1n2-c1cc(-c2cc(-c3ccccc3)nc(-c3ccccc3)c2)c(-n2c3ccccc3c3cc(-c4ccccc4C)ccc32)cc1C#N. The standard InChI is InChI=1S/C62H42N4/c1-40-17-9-11-23-48(40)44-29-31-59-53(33-44)50-25-13-15-27-57(50)65(59)61-38-52(46-35-55(42-19-5-3-6-20-42)64-56(36-46)43-21-7-4-8-22-43)62(37-47(61)39-63)66-58-28-16-14-26-51(58)54-34-45(30-32-60(54)66)49-24-12-10-18-41(49)2/h3-38H,1-2H3. The largest absolute Gasteiger partial charge is 0.309 e. The van der Waals surface area contributed by atoms with Gasteiger partial charge in [0, 0.05) is 38.2 Å². The van der Waals surface area contributed by atoms with Crippen LogP contribution in [0.3, 0.4) is 0 Å². The molecule has 9 aromatic carbocycles. The predicted molar refractivity (Wildman–Crippen MR) is 274 cm³/mol. The first-order valence-electron chi connectivity index (χ1n) is 22.4. The number of hydrogen-bond acceptors (Lipinski definition) is 2. The molecule has 66 heavy (non-hydrogen) atoms. The van der Waals surface area contributed by atoms with Gasteiger partial charge in [-0.25, -0.2) is 4.98 Å². The van der Waals surface area contributed by atoms with E-state index in [1.54, 1.807) is 0 Å². The molecular formula is C62H42N4. The number of fused-ring (bicyclic) bond motifs is 6. The fourth-order valence-electron chi connectivity index (χ4n) is 10.1. The van der Waals surface area contributed by atoms with Crippen molar-refractivity contribution >= 4 is 43.6 Å². The van der Waals surface area contributed by atoms with Crippen molar-refractivity contribution < 1.29 is 0 Å². The van der Waals surface area contributed by atoms with Crippen LogP contribution in [0.25, 0.3) is 111 Å². The van der Waals surface area contributed by atoms with E-state index in [0.717, 1.165) is 94.2 Å². The Morgan fingerprint density at radius 2 is 0.788 bits per heavy atom. The number of benzene rings is 9. The number of nitriles is 1. The highest BCUT2D eigenvalue weighted by Crippen LogP contribution is 2.43. The second kappa shape index (κ2) is 15.8. The van der Waals surface area contributed by atoms with Crippen molar-refractivity contribution in [2.45, 2.75) is 13.8 Å². The van der Waals surface area contributed by atoms with Gasteiger partial charge in [0.25, 0.3) is 0 Å². The zero-order valence-electron chi connectivity index (χ0n) is 36.6. The molecule has 0 aliphatic rings. The minimum Gasteiger partial charge on any atom is -0.309 e. The van der Waals surface area contributed by atoms with Crippen molar-refractivity contribution in [1.82, 2.24) is 14.1 Å². The lowest BCUT2D eigenvalue weighted by Gasteiger charge is -2.20. The average molecular weight is 843 g/mol. The lowest BCUT2D eigenvalue weighted by Crippen LogP contribution is -2.04. The predicted octanol–water partition coefficient (Wildman–Crippen LogP) is 16.1. The van der Waals surface area contributed by atoms with Crippen LogP contribution in [0.5, 0.6) is 0 Å². The van der Waals surface area contributed by atoms with E-state index in [1.165, 1.54) is 27.8 Å². The van der Waals surface area contributed by atoms with Crippen molar-refractivity contribution in [3.05, 3.63) is 235 Å². The zero-order valence-corrected chi connectivity index (χ0v) is 36.6. The van der Waals surface area contributed by atoms with Crippen molar-refractivity contribution in [1.29, 1.82) is 5.26 Å². The molecule has 12 aromatic rings. The van der Waals surface area contributed by atoms with E-state index in [0.29, 0.717) is 5.56 Å². The van der Waals surface area contributed by atoms with Gasteiger partial charge in [-0.2, -0.15) is 5.26 Å². The Kier molecular flexibility index (Phi) is 9.29. The number of pyridine rings is 1. The molecule has 0 aliphatic carbocycles. The minimum atomic E-state index is 0.572. The summed E-state index contributed by atoms with van der Waals surface area (Å²) in [6.45, 7) is 4.33. The van der Waals surface area contributed by atoms with Gasteiger partial charge in [-0.05, 0) is 113 Å². The molecule has 0 bridgehead atoms.